The third-order valence-electron chi connectivity index (χ3n) is 3.67. The van der Waals surface area contributed by atoms with Crippen molar-refractivity contribution in [3.8, 4) is 10.6 Å². The number of rotatable bonds is 8. The molecule has 2 aromatic rings. The van der Waals surface area contributed by atoms with Crippen molar-refractivity contribution < 1.29 is 23.9 Å². The molecule has 3 amide bonds. The maximum Gasteiger partial charge on any atom is 0.326 e. The van der Waals surface area contributed by atoms with Gasteiger partial charge in [0.05, 0.1) is 5.69 Å². The lowest BCUT2D eigenvalue weighted by Gasteiger charge is -2.14. The van der Waals surface area contributed by atoms with Crippen molar-refractivity contribution in [3.63, 3.8) is 0 Å². The van der Waals surface area contributed by atoms with E-state index >= 15 is 0 Å². The molecule has 0 unspecified atom stereocenters. The van der Waals surface area contributed by atoms with Gasteiger partial charge in [-0.15, -0.1) is 11.3 Å². The van der Waals surface area contributed by atoms with Crippen molar-refractivity contribution in [2.45, 2.75) is 25.8 Å². The molecule has 8 nitrogen and oxygen atoms in total. The monoisotopic (exact) mass is 394 g/mol. The van der Waals surface area contributed by atoms with Gasteiger partial charge < -0.3 is 21.5 Å². The number of hydrogen-bond acceptors (Lipinski definition) is 5. The van der Waals surface area contributed by atoms with Gasteiger partial charge in [0, 0.05) is 12.1 Å². The Morgan fingerprint density at radius 3 is 2.56 bits per heavy atom. The number of aryl methyl sites for hydroxylation is 1. The van der Waals surface area contributed by atoms with Crippen LogP contribution in [0.3, 0.4) is 0 Å². The van der Waals surface area contributed by atoms with Crippen molar-refractivity contribution in [2.24, 2.45) is 5.73 Å². The fourth-order valence-electron chi connectivity index (χ4n) is 2.32. The second-order valence-corrected chi connectivity index (χ2v) is 6.74. The Kier molecular flexibility index (Phi) is 6.83. The number of carbonyl (C=O) groups is 3. The van der Waals surface area contributed by atoms with Gasteiger partial charge in [-0.1, -0.05) is 0 Å². The lowest BCUT2D eigenvalue weighted by molar-refractivity contribution is -0.139. The predicted molar refractivity (Wildman–Crippen MR) is 98.0 cm³/mol. The highest BCUT2D eigenvalue weighted by atomic mass is 32.1. The van der Waals surface area contributed by atoms with E-state index < -0.39 is 23.9 Å². The zero-order chi connectivity index (χ0) is 20.0. The molecule has 1 aromatic heterocycles. The van der Waals surface area contributed by atoms with E-state index in [1.54, 1.807) is 19.1 Å². The second-order valence-electron chi connectivity index (χ2n) is 5.74. The number of urea groups is 1. The summed E-state index contributed by atoms with van der Waals surface area (Å²) < 4.78 is 13.0. The fraction of sp³-hybridized carbons (Fsp3) is 0.294. The molecule has 1 aromatic carbocycles. The number of aliphatic carboxylic acids is 1. The van der Waals surface area contributed by atoms with E-state index in [1.165, 1.54) is 12.1 Å². The first-order chi connectivity index (χ1) is 12.8. The van der Waals surface area contributed by atoms with Crippen molar-refractivity contribution in [1.82, 2.24) is 15.6 Å². The predicted octanol–water partition coefficient (Wildman–Crippen LogP) is 1.89. The average molecular weight is 394 g/mol. The molecule has 0 spiro atoms. The Bertz CT molecular complexity index is 838. The third kappa shape index (κ3) is 5.74. The first-order valence-corrected chi connectivity index (χ1v) is 8.90. The molecule has 27 heavy (non-hydrogen) atoms. The van der Waals surface area contributed by atoms with E-state index in [0.29, 0.717) is 22.7 Å². The van der Waals surface area contributed by atoms with E-state index in [-0.39, 0.29) is 23.7 Å². The Morgan fingerprint density at radius 2 is 1.96 bits per heavy atom. The van der Waals surface area contributed by atoms with Crippen molar-refractivity contribution in [2.75, 3.05) is 6.54 Å². The average Bonchev–Trinajstić information content (AvgIpc) is 2.99. The van der Waals surface area contributed by atoms with Gasteiger partial charge >= 0.3 is 12.0 Å². The molecule has 0 aliphatic rings. The Labute approximate surface area is 158 Å². The molecule has 0 aliphatic carbocycles. The summed E-state index contributed by atoms with van der Waals surface area (Å²) >= 11 is 1.10. The SMILES string of the molecule is Cc1nc(-c2ccc(F)cc2)sc1C(=O)N[C@@H](CCCNC(N)=O)C(=O)O. The first kappa shape index (κ1) is 20.3. The van der Waals surface area contributed by atoms with E-state index in [1.807, 2.05) is 0 Å². The van der Waals surface area contributed by atoms with Gasteiger partial charge in [0.25, 0.3) is 5.91 Å². The highest BCUT2D eigenvalue weighted by Crippen LogP contribution is 2.28. The normalized spacial score (nSPS) is 11.6. The lowest BCUT2D eigenvalue weighted by atomic mass is 10.1. The Balaban J connectivity index is 2.06. The molecular weight excluding hydrogens is 375 g/mol. The van der Waals surface area contributed by atoms with E-state index in [4.69, 9.17) is 5.73 Å². The van der Waals surface area contributed by atoms with E-state index in [0.717, 1.165) is 11.3 Å². The van der Waals surface area contributed by atoms with Crippen LogP contribution in [0.5, 0.6) is 0 Å². The summed E-state index contributed by atoms with van der Waals surface area (Å²) in [5, 5.41) is 14.6. The molecular formula is C17H19FN4O4S. The number of hydrogen-bond donors (Lipinski definition) is 4. The quantitative estimate of drug-likeness (QED) is 0.507. The number of carboxylic acids is 1. The smallest absolute Gasteiger partial charge is 0.326 e. The summed E-state index contributed by atoms with van der Waals surface area (Å²) in [6.07, 6.45) is 0.465. The summed E-state index contributed by atoms with van der Waals surface area (Å²) in [5.74, 6) is -2.10. The van der Waals surface area contributed by atoms with Crippen LogP contribution in [0.25, 0.3) is 10.6 Å². The number of carbonyl (C=O) groups excluding carboxylic acids is 2. The van der Waals surface area contributed by atoms with Crippen LogP contribution in [0.2, 0.25) is 0 Å². The Morgan fingerprint density at radius 1 is 1.30 bits per heavy atom. The van der Waals surface area contributed by atoms with Gasteiger partial charge in [0.2, 0.25) is 0 Å². The zero-order valence-corrected chi connectivity index (χ0v) is 15.3. The lowest BCUT2D eigenvalue weighted by Crippen LogP contribution is -2.41. The van der Waals surface area contributed by atoms with Gasteiger partial charge in [-0.2, -0.15) is 0 Å². The van der Waals surface area contributed by atoms with Gasteiger partial charge in [0.1, 0.15) is 21.7 Å². The molecule has 1 heterocycles. The molecule has 10 heteroatoms. The minimum Gasteiger partial charge on any atom is -0.480 e. The topological polar surface area (TPSA) is 134 Å². The van der Waals surface area contributed by atoms with Crippen LogP contribution >= 0.6 is 11.3 Å². The zero-order valence-electron chi connectivity index (χ0n) is 14.5. The number of primary amides is 1. The molecule has 0 bridgehead atoms. The number of carboxylic acid groups (broad SMARTS) is 1. The number of benzene rings is 1. The summed E-state index contributed by atoms with van der Waals surface area (Å²) in [6, 6.07) is 3.91. The van der Waals surface area contributed by atoms with Crippen LogP contribution in [0, 0.1) is 12.7 Å². The Hall–Kier alpha value is -3.01. The van der Waals surface area contributed by atoms with Crippen molar-refractivity contribution in [1.29, 1.82) is 0 Å². The van der Waals surface area contributed by atoms with E-state index in [9.17, 15) is 23.9 Å². The third-order valence-corrected chi connectivity index (χ3v) is 4.87. The number of nitrogens with zero attached hydrogens (tertiary/aromatic N) is 1. The maximum atomic E-state index is 13.0. The number of halogens is 1. The minimum absolute atomic E-state index is 0.129. The molecule has 1 atom stereocenters. The fourth-order valence-corrected chi connectivity index (χ4v) is 3.30. The summed E-state index contributed by atoms with van der Waals surface area (Å²) in [6.45, 7) is 1.86. The minimum atomic E-state index is -1.18. The van der Waals surface area contributed by atoms with Crippen LogP contribution in [-0.4, -0.2) is 40.6 Å². The van der Waals surface area contributed by atoms with Crippen LogP contribution in [0.15, 0.2) is 24.3 Å². The van der Waals surface area contributed by atoms with Crippen molar-refractivity contribution in [3.05, 3.63) is 40.7 Å². The van der Waals surface area contributed by atoms with Gasteiger partial charge in [-0.05, 0) is 44.0 Å². The van der Waals surface area contributed by atoms with Crippen LogP contribution < -0.4 is 16.4 Å². The number of nitrogens with one attached hydrogen (secondary N) is 2. The summed E-state index contributed by atoms with van der Waals surface area (Å²) in [5.41, 5.74) is 6.06. The largest absolute Gasteiger partial charge is 0.480 e. The van der Waals surface area contributed by atoms with Crippen LogP contribution in [0.4, 0.5) is 9.18 Å². The van der Waals surface area contributed by atoms with Gasteiger partial charge in [0.15, 0.2) is 0 Å². The van der Waals surface area contributed by atoms with Crippen molar-refractivity contribution >= 4 is 29.2 Å². The van der Waals surface area contributed by atoms with Crippen LogP contribution in [-0.2, 0) is 4.79 Å². The molecule has 2 rings (SSSR count). The first-order valence-electron chi connectivity index (χ1n) is 8.08. The molecule has 0 saturated carbocycles. The van der Waals surface area contributed by atoms with E-state index in [2.05, 4.69) is 15.6 Å². The standard InChI is InChI=1S/C17H19FN4O4S/c1-9-13(27-15(21-9)10-4-6-11(18)7-5-10)14(23)22-12(16(24)25)3-2-8-20-17(19)26/h4-7,12H,2-3,8H2,1H3,(H,22,23)(H,24,25)(H3,19,20,26)/t12-/m0/s1. The molecule has 0 saturated heterocycles. The number of nitrogens with two attached hydrogens (primary N) is 1. The highest BCUT2D eigenvalue weighted by molar-refractivity contribution is 7.17. The van der Waals surface area contributed by atoms with Crippen LogP contribution in [0.1, 0.15) is 28.2 Å². The van der Waals surface area contributed by atoms with Gasteiger partial charge in [-0.3, -0.25) is 4.79 Å². The molecule has 5 N–H and O–H groups in total. The molecule has 0 radical (unpaired) electrons. The summed E-state index contributed by atoms with van der Waals surface area (Å²) in [7, 11) is 0. The maximum absolute atomic E-state index is 13.0. The summed E-state index contributed by atoms with van der Waals surface area (Å²) in [4.78, 5) is 39.0. The number of amides is 3. The molecule has 0 fully saturated rings. The highest BCUT2D eigenvalue weighted by Gasteiger charge is 2.23. The number of thiazole rings is 1. The second kappa shape index (κ2) is 9.08. The molecule has 0 aliphatic heterocycles. The molecule has 144 valence electrons. The number of aromatic nitrogens is 1. The van der Waals surface area contributed by atoms with Gasteiger partial charge in [-0.25, -0.2) is 19.0 Å².